The maximum Gasteiger partial charge on any atom is 0.356 e. The van der Waals surface area contributed by atoms with Crippen LogP contribution in [0.1, 0.15) is 42.6 Å². The molecule has 5 heteroatoms. The third kappa shape index (κ3) is 3.06. The molecular formula is C13H16N2O3. The Morgan fingerprint density at radius 1 is 1.39 bits per heavy atom. The van der Waals surface area contributed by atoms with Crippen LogP contribution < -0.4 is 5.32 Å². The van der Waals surface area contributed by atoms with Gasteiger partial charge in [-0.25, -0.2) is 9.78 Å². The number of aromatic carboxylic acids is 1. The van der Waals surface area contributed by atoms with Crippen molar-refractivity contribution < 1.29 is 14.7 Å². The number of carboxylic acids is 1. The third-order valence-corrected chi connectivity index (χ3v) is 3.23. The molecule has 1 aromatic rings. The summed E-state index contributed by atoms with van der Waals surface area (Å²) in [6.07, 6.45) is 6.42. The number of nitrogens with zero attached hydrogens (tertiary/aromatic N) is 1. The molecule has 0 aromatic carbocycles. The van der Waals surface area contributed by atoms with Crippen LogP contribution in [0.25, 0.3) is 0 Å². The molecule has 18 heavy (non-hydrogen) atoms. The fourth-order valence-corrected chi connectivity index (χ4v) is 2.35. The number of carbonyl (C=O) groups is 2. The van der Waals surface area contributed by atoms with Crippen molar-refractivity contribution in [2.75, 3.05) is 5.32 Å². The minimum absolute atomic E-state index is 0.114. The highest BCUT2D eigenvalue weighted by Crippen LogP contribution is 2.27. The molecule has 1 saturated carbocycles. The number of hydrogen-bond donors (Lipinski definition) is 2. The predicted molar refractivity (Wildman–Crippen MR) is 66.4 cm³/mol. The quantitative estimate of drug-likeness (QED) is 0.856. The first-order valence-electron chi connectivity index (χ1n) is 6.15. The monoisotopic (exact) mass is 248 g/mol. The van der Waals surface area contributed by atoms with Gasteiger partial charge in [0.15, 0.2) is 5.69 Å². The summed E-state index contributed by atoms with van der Waals surface area (Å²) in [5.74, 6) is -0.820. The lowest BCUT2D eigenvalue weighted by molar-refractivity contribution is -0.117. The minimum atomic E-state index is -1.13. The maximum absolute atomic E-state index is 11.8. The molecule has 0 atom stereocenters. The highest BCUT2D eigenvalue weighted by atomic mass is 16.4. The highest BCUT2D eigenvalue weighted by Gasteiger charge is 2.20. The third-order valence-electron chi connectivity index (χ3n) is 3.23. The molecule has 1 fully saturated rings. The summed E-state index contributed by atoms with van der Waals surface area (Å²) in [5, 5.41) is 11.6. The van der Waals surface area contributed by atoms with Crippen LogP contribution in [0.4, 0.5) is 5.69 Å². The summed E-state index contributed by atoms with van der Waals surface area (Å²) >= 11 is 0. The summed E-state index contributed by atoms with van der Waals surface area (Å²) in [6, 6.07) is 3.17. The summed E-state index contributed by atoms with van der Waals surface area (Å²) in [5.41, 5.74) is 0.158. The Morgan fingerprint density at radius 2 is 2.11 bits per heavy atom. The lowest BCUT2D eigenvalue weighted by Crippen LogP contribution is -2.17. The molecule has 0 saturated heterocycles. The molecule has 0 spiro atoms. The van der Waals surface area contributed by atoms with Crippen LogP contribution in [0, 0.1) is 5.92 Å². The van der Waals surface area contributed by atoms with Crippen molar-refractivity contribution in [3.63, 3.8) is 0 Å². The lowest BCUT2D eigenvalue weighted by atomic mass is 10.0. The number of rotatable bonds is 4. The number of carbonyl (C=O) groups excluding carboxylic acids is 1. The van der Waals surface area contributed by atoms with Gasteiger partial charge in [-0.1, -0.05) is 12.8 Å². The van der Waals surface area contributed by atoms with Gasteiger partial charge in [0.25, 0.3) is 0 Å². The van der Waals surface area contributed by atoms with Gasteiger partial charge in [0.05, 0.1) is 5.69 Å². The fraction of sp³-hybridized carbons (Fsp3) is 0.462. The normalized spacial score (nSPS) is 15.6. The molecule has 1 aliphatic rings. The van der Waals surface area contributed by atoms with Crippen LogP contribution in [0.3, 0.4) is 0 Å². The van der Waals surface area contributed by atoms with Crippen molar-refractivity contribution in [1.29, 1.82) is 0 Å². The number of nitrogens with one attached hydrogen (secondary N) is 1. The Balaban J connectivity index is 2.00. The molecule has 96 valence electrons. The van der Waals surface area contributed by atoms with Crippen molar-refractivity contribution >= 4 is 17.6 Å². The van der Waals surface area contributed by atoms with Crippen LogP contribution in [0.5, 0.6) is 0 Å². The van der Waals surface area contributed by atoms with E-state index in [1.807, 2.05) is 0 Å². The molecule has 1 aromatic heterocycles. The fourth-order valence-electron chi connectivity index (χ4n) is 2.35. The molecule has 5 nitrogen and oxygen atoms in total. The second-order valence-electron chi connectivity index (χ2n) is 4.61. The number of anilines is 1. The number of aromatic nitrogens is 1. The van der Waals surface area contributed by atoms with E-state index in [1.165, 1.54) is 19.0 Å². The van der Waals surface area contributed by atoms with Gasteiger partial charge in [0, 0.05) is 12.6 Å². The van der Waals surface area contributed by atoms with Crippen LogP contribution in [0.15, 0.2) is 18.3 Å². The topological polar surface area (TPSA) is 79.3 Å². The Labute approximate surface area is 105 Å². The average molecular weight is 248 g/mol. The number of pyridine rings is 1. The van der Waals surface area contributed by atoms with Gasteiger partial charge in [-0.3, -0.25) is 4.79 Å². The number of carboxylic acid groups (broad SMARTS) is 1. The first kappa shape index (κ1) is 12.5. The first-order chi connectivity index (χ1) is 8.66. The molecule has 1 aliphatic carbocycles. The molecule has 2 rings (SSSR count). The summed E-state index contributed by atoms with van der Waals surface area (Å²) in [4.78, 5) is 26.5. The zero-order chi connectivity index (χ0) is 13.0. The maximum atomic E-state index is 11.8. The van der Waals surface area contributed by atoms with E-state index in [0.29, 0.717) is 12.3 Å². The van der Waals surface area contributed by atoms with Crippen LogP contribution in [-0.2, 0) is 4.79 Å². The van der Waals surface area contributed by atoms with Gasteiger partial charge in [-0.05, 0) is 30.9 Å². The van der Waals surface area contributed by atoms with Crippen LogP contribution in [0.2, 0.25) is 0 Å². The van der Waals surface area contributed by atoms with Gasteiger partial charge in [0.2, 0.25) is 5.91 Å². The van der Waals surface area contributed by atoms with E-state index in [0.717, 1.165) is 12.8 Å². The molecular weight excluding hydrogens is 232 g/mol. The van der Waals surface area contributed by atoms with E-state index in [4.69, 9.17) is 5.11 Å². The number of amides is 1. The molecule has 0 bridgehead atoms. The van der Waals surface area contributed by atoms with Gasteiger partial charge in [-0.15, -0.1) is 0 Å². The van der Waals surface area contributed by atoms with Gasteiger partial charge in [0.1, 0.15) is 0 Å². The SMILES string of the molecule is O=C(CC1CCCC1)Nc1cccnc1C(=O)O. The molecule has 0 aliphatic heterocycles. The predicted octanol–water partition coefficient (Wildman–Crippen LogP) is 2.30. The zero-order valence-electron chi connectivity index (χ0n) is 10.1. The van der Waals surface area contributed by atoms with Crippen LogP contribution >= 0.6 is 0 Å². The van der Waals surface area contributed by atoms with Crippen molar-refractivity contribution in [1.82, 2.24) is 4.98 Å². The smallest absolute Gasteiger partial charge is 0.356 e. The van der Waals surface area contributed by atoms with Gasteiger partial charge >= 0.3 is 5.97 Å². The van der Waals surface area contributed by atoms with E-state index in [-0.39, 0.29) is 17.3 Å². The Morgan fingerprint density at radius 3 is 2.78 bits per heavy atom. The van der Waals surface area contributed by atoms with Gasteiger partial charge in [-0.2, -0.15) is 0 Å². The molecule has 2 N–H and O–H groups in total. The van der Waals surface area contributed by atoms with Crippen molar-refractivity contribution in [3.05, 3.63) is 24.0 Å². The van der Waals surface area contributed by atoms with E-state index >= 15 is 0 Å². The molecule has 0 unspecified atom stereocenters. The Bertz CT molecular complexity index is 453. The second-order valence-corrected chi connectivity index (χ2v) is 4.61. The Kier molecular flexibility index (Phi) is 3.92. The van der Waals surface area contributed by atoms with E-state index in [9.17, 15) is 9.59 Å². The second kappa shape index (κ2) is 5.62. The summed E-state index contributed by atoms with van der Waals surface area (Å²) in [7, 11) is 0. The highest BCUT2D eigenvalue weighted by molar-refractivity contribution is 5.99. The van der Waals surface area contributed by atoms with Crippen molar-refractivity contribution in [3.8, 4) is 0 Å². The van der Waals surface area contributed by atoms with Crippen molar-refractivity contribution in [2.45, 2.75) is 32.1 Å². The summed E-state index contributed by atoms with van der Waals surface area (Å²) < 4.78 is 0. The van der Waals surface area contributed by atoms with Crippen molar-refractivity contribution in [2.24, 2.45) is 5.92 Å². The first-order valence-corrected chi connectivity index (χ1v) is 6.15. The van der Waals surface area contributed by atoms with E-state index in [2.05, 4.69) is 10.3 Å². The molecule has 0 radical (unpaired) electrons. The average Bonchev–Trinajstić information content (AvgIpc) is 2.82. The lowest BCUT2D eigenvalue weighted by Gasteiger charge is -2.10. The molecule has 1 amide bonds. The summed E-state index contributed by atoms with van der Waals surface area (Å²) in [6.45, 7) is 0. The molecule has 1 heterocycles. The zero-order valence-corrected chi connectivity index (χ0v) is 10.1. The number of hydrogen-bond acceptors (Lipinski definition) is 3. The largest absolute Gasteiger partial charge is 0.476 e. The van der Waals surface area contributed by atoms with E-state index in [1.54, 1.807) is 12.1 Å². The van der Waals surface area contributed by atoms with E-state index < -0.39 is 5.97 Å². The van der Waals surface area contributed by atoms with Gasteiger partial charge < -0.3 is 10.4 Å². The van der Waals surface area contributed by atoms with Crippen LogP contribution in [-0.4, -0.2) is 22.0 Å². The standard InChI is InChI=1S/C13H16N2O3/c16-11(8-9-4-1-2-5-9)15-10-6-3-7-14-12(10)13(17)18/h3,6-7,9H,1-2,4-5,8H2,(H,15,16)(H,17,18). The minimum Gasteiger partial charge on any atom is -0.476 e. The Hall–Kier alpha value is -1.91.